The molecule has 8 nitrogen and oxygen atoms in total. The summed E-state index contributed by atoms with van der Waals surface area (Å²) in [5.74, 6) is 1.04. The van der Waals surface area contributed by atoms with Gasteiger partial charge in [0.15, 0.2) is 6.10 Å². The summed E-state index contributed by atoms with van der Waals surface area (Å²) < 4.78 is 44.9. The lowest BCUT2D eigenvalue weighted by Crippen LogP contribution is -2.51. The molecule has 190 valence electrons. The van der Waals surface area contributed by atoms with Gasteiger partial charge in [0, 0.05) is 5.02 Å². The molecule has 1 amide bonds. The summed E-state index contributed by atoms with van der Waals surface area (Å²) >= 11 is 6.14. The third kappa shape index (κ3) is 5.68. The number of rotatable bonds is 8. The van der Waals surface area contributed by atoms with Crippen LogP contribution in [0.2, 0.25) is 5.02 Å². The Balaban J connectivity index is 1.49. The van der Waals surface area contributed by atoms with Gasteiger partial charge < -0.3 is 19.5 Å². The van der Waals surface area contributed by atoms with E-state index in [-0.39, 0.29) is 36.0 Å². The van der Waals surface area contributed by atoms with Crippen LogP contribution in [0.1, 0.15) is 11.1 Å². The fourth-order valence-corrected chi connectivity index (χ4v) is 5.57. The first-order chi connectivity index (χ1) is 17.2. The van der Waals surface area contributed by atoms with Crippen LogP contribution in [-0.2, 0) is 14.8 Å². The average Bonchev–Trinajstić information content (AvgIpc) is 2.85. The lowest BCUT2D eigenvalue weighted by molar-refractivity contribution is -0.127. The molecule has 1 N–H and O–H groups in total. The predicted molar refractivity (Wildman–Crippen MR) is 138 cm³/mol. The van der Waals surface area contributed by atoms with Gasteiger partial charge in [0.1, 0.15) is 23.9 Å². The van der Waals surface area contributed by atoms with E-state index in [9.17, 15) is 13.2 Å². The van der Waals surface area contributed by atoms with Crippen molar-refractivity contribution in [2.45, 2.75) is 24.8 Å². The minimum absolute atomic E-state index is 0.0529. The van der Waals surface area contributed by atoms with Crippen molar-refractivity contribution in [3.8, 4) is 17.2 Å². The van der Waals surface area contributed by atoms with Gasteiger partial charge in [-0.2, -0.15) is 0 Å². The predicted octanol–water partition coefficient (Wildman–Crippen LogP) is 4.12. The van der Waals surface area contributed by atoms with Gasteiger partial charge in [-0.15, -0.1) is 0 Å². The van der Waals surface area contributed by atoms with E-state index in [4.69, 9.17) is 25.8 Å². The molecule has 4 rings (SSSR count). The lowest BCUT2D eigenvalue weighted by atomic mass is 10.1. The van der Waals surface area contributed by atoms with Crippen molar-refractivity contribution >= 4 is 33.2 Å². The summed E-state index contributed by atoms with van der Waals surface area (Å²) in [4.78, 5) is 13.0. The fourth-order valence-electron chi connectivity index (χ4n) is 3.94. The number of fused-ring (bicyclic) bond motifs is 1. The highest BCUT2D eigenvalue weighted by atomic mass is 35.5. The zero-order valence-electron chi connectivity index (χ0n) is 20.2. The maximum Gasteiger partial charge on any atom is 0.264 e. The standard InChI is InChI=1S/C26H27ClN2O6S/c1-17-12-18(2)14-21(13-17)34-11-10-28-26(30)25-16-29(23-15-19(27)4-9-24(23)35-25)36(31,32)22-7-5-20(33-3)6-8-22/h4-9,12-15,25H,10-11,16H2,1-3H3,(H,28,30). The monoisotopic (exact) mass is 530 g/mol. The Morgan fingerprint density at radius 2 is 1.75 bits per heavy atom. The zero-order valence-corrected chi connectivity index (χ0v) is 21.7. The molecular weight excluding hydrogens is 504 g/mol. The van der Waals surface area contributed by atoms with E-state index in [1.807, 2.05) is 32.0 Å². The van der Waals surface area contributed by atoms with Crippen LogP contribution < -0.4 is 23.8 Å². The van der Waals surface area contributed by atoms with Gasteiger partial charge in [0.25, 0.3) is 15.9 Å². The molecule has 0 saturated heterocycles. The van der Waals surface area contributed by atoms with Crippen LogP contribution in [-0.4, -0.2) is 47.2 Å². The molecule has 10 heteroatoms. The maximum atomic E-state index is 13.5. The van der Waals surface area contributed by atoms with Crippen molar-refractivity contribution < 1.29 is 27.4 Å². The summed E-state index contributed by atoms with van der Waals surface area (Å²) in [6.07, 6.45) is -1.06. The number of amides is 1. The molecule has 0 radical (unpaired) electrons. The zero-order chi connectivity index (χ0) is 25.9. The third-order valence-electron chi connectivity index (χ3n) is 5.60. The van der Waals surface area contributed by atoms with Crippen LogP contribution in [0, 0.1) is 13.8 Å². The van der Waals surface area contributed by atoms with Crippen molar-refractivity contribution in [3.05, 3.63) is 76.8 Å². The number of nitrogens with zero attached hydrogens (tertiary/aromatic N) is 1. The first-order valence-corrected chi connectivity index (χ1v) is 13.1. The number of aryl methyl sites for hydroxylation is 2. The normalized spacial score (nSPS) is 15.0. The van der Waals surface area contributed by atoms with Crippen LogP contribution in [0.25, 0.3) is 0 Å². The van der Waals surface area contributed by atoms with Gasteiger partial charge in [0.05, 0.1) is 30.8 Å². The summed E-state index contributed by atoms with van der Waals surface area (Å²) in [5, 5.41) is 3.11. The highest BCUT2D eigenvalue weighted by molar-refractivity contribution is 7.92. The maximum absolute atomic E-state index is 13.5. The van der Waals surface area contributed by atoms with Crippen LogP contribution in [0.4, 0.5) is 5.69 Å². The first-order valence-electron chi connectivity index (χ1n) is 11.3. The molecule has 1 unspecified atom stereocenters. The second-order valence-corrected chi connectivity index (χ2v) is 10.7. The molecule has 0 bridgehead atoms. The average molecular weight is 531 g/mol. The molecule has 0 fully saturated rings. The molecule has 3 aromatic rings. The van der Waals surface area contributed by atoms with Gasteiger partial charge in [-0.25, -0.2) is 8.42 Å². The largest absolute Gasteiger partial charge is 0.497 e. The molecule has 0 aromatic heterocycles. The number of benzene rings is 3. The van der Waals surface area contributed by atoms with Crippen molar-refractivity contribution in [3.63, 3.8) is 0 Å². The minimum atomic E-state index is -4.02. The fraction of sp³-hybridized carbons (Fsp3) is 0.269. The van der Waals surface area contributed by atoms with Crippen molar-refractivity contribution in [1.82, 2.24) is 5.32 Å². The molecule has 0 aliphatic carbocycles. The Bertz CT molecular complexity index is 1340. The van der Waals surface area contributed by atoms with Gasteiger partial charge in [0.2, 0.25) is 0 Å². The van der Waals surface area contributed by atoms with Gasteiger partial charge in [-0.3, -0.25) is 9.10 Å². The van der Waals surface area contributed by atoms with Crippen LogP contribution in [0.5, 0.6) is 17.2 Å². The highest BCUT2D eigenvalue weighted by Gasteiger charge is 2.37. The van der Waals surface area contributed by atoms with Crippen LogP contribution in [0.3, 0.4) is 0 Å². The Morgan fingerprint density at radius 3 is 2.42 bits per heavy atom. The SMILES string of the molecule is COc1ccc(S(=O)(=O)N2CC(C(=O)NCCOc3cc(C)cc(C)c3)Oc3ccc(Cl)cc32)cc1. The molecule has 36 heavy (non-hydrogen) atoms. The van der Waals surface area contributed by atoms with E-state index >= 15 is 0 Å². The molecule has 1 aliphatic rings. The van der Waals surface area contributed by atoms with E-state index < -0.39 is 22.0 Å². The van der Waals surface area contributed by atoms with Crippen molar-refractivity contribution in [2.24, 2.45) is 0 Å². The first kappa shape index (κ1) is 25.7. The number of hydrogen-bond acceptors (Lipinski definition) is 6. The number of sulfonamides is 1. The molecular formula is C26H27ClN2O6S. The van der Waals surface area contributed by atoms with E-state index in [0.717, 1.165) is 21.2 Å². The Morgan fingerprint density at radius 1 is 1.06 bits per heavy atom. The number of ether oxygens (including phenoxy) is 3. The smallest absolute Gasteiger partial charge is 0.264 e. The van der Waals surface area contributed by atoms with E-state index in [2.05, 4.69) is 5.32 Å². The highest BCUT2D eigenvalue weighted by Crippen LogP contribution is 2.39. The molecule has 0 spiro atoms. The third-order valence-corrected chi connectivity index (χ3v) is 7.62. The van der Waals surface area contributed by atoms with Crippen LogP contribution >= 0.6 is 11.6 Å². The number of anilines is 1. The minimum Gasteiger partial charge on any atom is -0.497 e. The molecule has 0 saturated carbocycles. The number of hydrogen-bond donors (Lipinski definition) is 1. The molecule has 1 aliphatic heterocycles. The number of methoxy groups -OCH3 is 1. The number of nitrogens with one attached hydrogen (secondary N) is 1. The topological polar surface area (TPSA) is 94.2 Å². The summed E-state index contributed by atoms with van der Waals surface area (Å²) in [6, 6.07) is 16.5. The summed E-state index contributed by atoms with van der Waals surface area (Å²) in [7, 11) is -2.52. The second kappa shape index (κ2) is 10.7. The van der Waals surface area contributed by atoms with Gasteiger partial charge >= 0.3 is 0 Å². The van der Waals surface area contributed by atoms with E-state index in [1.54, 1.807) is 24.3 Å². The Labute approximate surface area is 215 Å². The summed E-state index contributed by atoms with van der Waals surface area (Å²) in [5.41, 5.74) is 2.43. The molecule has 1 atom stereocenters. The number of carbonyl (C=O) groups is 1. The molecule has 3 aromatic carbocycles. The van der Waals surface area contributed by atoms with E-state index in [1.165, 1.54) is 25.3 Å². The summed E-state index contributed by atoms with van der Waals surface area (Å²) in [6.45, 7) is 4.23. The van der Waals surface area contributed by atoms with Gasteiger partial charge in [-0.05, 0) is 79.6 Å². The van der Waals surface area contributed by atoms with Crippen molar-refractivity contribution in [1.29, 1.82) is 0 Å². The number of halogens is 1. The molecule has 1 heterocycles. The quantitative estimate of drug-likeness (QED) is 0.440. The van der Waals surface area contributed by atoms with E-state index in [0.29, 0.717) is 10.8 Å². The Kier molecular flexibility index (Phi) is 7.61. The van der Waals surface area contributed by atoms with Crippen LogP contribution in [0.15, 0.2) is 65.6 Å². The second-order valence-electron chi connectivity index (χ2n) is 8.39. The lowest BCUT2D eigenvalue weighted by Gasteiger charge is -2.34. The van der Waals surface area contributed by atoms with Crippen molar-refractivity contribution in [2.75, 3.05) is 31.1 Å². The Hall–Kier alpha value is -3.43. The number of carbonyl (C=O) groups excluding carboxylic acids is 1. The van der Waals surface area contributed by atoms with Gasteiger partial charge in [-0.1, -0.05) is 17.7 Å².